The molecule has 2 N–H and O–H groups in total. The highest BCUT2D eigenvalue weighted by Crippen LogP contribution is 2.18. The summed E-state index contributed by atoms with van der Waals surface area (Å²) in [6.45, 7) is 4.71. The van der Waals surface area contributed by atoms with Crippen LogP contribution in [0.4, 0.5) is 5.69 Å². The molecule has 3 nitrogen and oxygen atoms in total. The maximum absolute atomic E-state index is 11.7. The van der Waals surface area contributed by atoms with E-state index in [1.807, 2.05) is 0 Å². The summed E-state index contributed by atoms with van der Waals surface area (Å²) in [7, 11) is 0. The maximum Gasteiger partial charge on any atom is 0.340 e. The molecule has 0 spiro atoms. The third-order valence-corrected chi connectivity index (χ3v) is 2.63. The summed E-state index contributed by atoms with van der Waals surface area (Å²) in [5.74, 6) is 0.234. The van der Waals surface area contributed by atoms with Crippen molar-refractivity contribution >= 4 is 23.3 Å². The molecule has 0 fully saturated rings. The van der Waals surface area contributed by atoms with E-state index in [1.165, 1.54) is 0 Å². The van der Waals surface area contributed by atoms with Gasteiger partial charge in [0, 0.05) is 10.7 Å². The van der Waals surface area contributed by atoms with Gasteiger partial charge in [-0.05, 0) is 37.0 Å². The van der Waals surface area contributed by atoms with Gasteiger partial charge in [-0.2, -0.15) is 0 Å². The Balaban J connectivity index is 2.47. The fraction of sp³-hybridized carbons (Fsp3) is 0.462. The van der Waals surface area contributed by atoms with Gasteiger partial charge in [0.05, 0.1) is 12.2 Å². The van der Waals surface area contributed by atoms with Gasteiger partial charge in [0.15, 0.2) is 0 Å². The smallest absolute Gasteiger partial charge is 0.340 e. The minimum atomic E-state index is -0.386. The standard InChI is InChI=1S/C13H18ClNO2/c1-9(2)4-3-7-17-13(16)11-6-5-10(14)8-12(11)15/h5-6,8-9H,3-4,7,15H2,1-2H3. The lowest BCUT2D eigenvalue weighted by atomic mass is 10.1. The number of anilines is 1. The van der Waals surface area contributed by atoms with Crippen LogP contribution >= 0.6 is 11.6 Å². The molecule has 17 heavy (non-hydrogen) atoms. The zero-order valence-electron chi connectivity index (χ0n) is 10.2. The molecule has 0 unspecified atom stereocenters. The summed E-state index contributed by atoms with van der Waals surface area (Å²) in [6.07, 6.45) is 1.92. The van der Waals surface area contributed by atoms with E-state index in [2.05, 4.69) is 13.8 Å². The van der Waals surface area contributed by atoms with E-state index >= 15 is 0 Å². The summed E-state index contributed by atoms with van der Waals surface area (Å²) in [6, 6.07) is 4.76. The third kappa shape index (κ3) is 4.65. The van der Waals surface area contributed by atoms with Crippen molar-refractivity contribution in [3.05, 3.63) is 28.8 Å². The van der Waals surface area contributed by atoms with E-state index in [0.717, 1.165) is 12.8 Å². The van der Waals surface area contributed by atoms with Crippen LogP contribution in [0.1, 0.15) is 37.0 Å². The molecule has 0 radical (unpaired) electrons. The van der Waals surface area contributed by atoms with Gasteiger partial charge in [0.2, 0.25) is 0 Å². The molecule has 0 saturated carbocycles. The summed E-state index contributed by atoms with van der Waals surface area (Å²) < 4.78 is 5.14. The first kappa shape index (κ1) is 13.8. The monoisotopic (exact) mass is 255 g/mol. The number of ether oxygens (including phenoxy) is 1. The van der Waals surface area contributed by atoms with Crippen molar-refractivity contribution in [2.24, 2.45) is 5.92 Å². The number of nitrogens with two attached hydrogens (primary N) is 1. The maximum atomic E-state index is 11.7. The largest absolute Gasteiger partial charge is 0.462 e. The summed E-state index contributed by atoms with van der Waals surface area (Å²) >= 11 is 5.75. The second kappa shape index (κ2) is 6.50. The van der Waals surface area contributed by atoms with E-state index in [9.17, 15) is 4.79 Å². The fourth-order valence-electron chi connectivity index (χ4n) is 1.45. The second-order valence-electron chi connectivity index (χ2n) is 4.40. The van der Waals surface area contributed by atoms with E-state index in [1.54, 1.807) is 18.2 Å². The molecule has 0 heterocycles. The van der Waals surface area contributed by atoms with Gasteiger partial charge in [-0.3, -0.25) is 0 Å². The van der Waals surface area contributed by atoms with Crippen LogP contribution < -0.4 is 5.73 Å². The molecular formula is C13H18ClNO2. The van der Waals surface area contributed by atoms with Gasteiger partial charge in [-0.1, -0.05) is 25.4 Å². The Kier molecular flexibility index (Phi) is 5.29. The molecule has 0 aromatic heterocycles. The predicted molar refractivity (Wildman–Crippen MR) is 70.2 cm³/mol. The zero-order valence-corrected chi connectivity index (χ0v) is 11.0. The molecular weight excluding hydrogens is 238 g/mol. The van der Waals surface area contributed by atoms with Crippen LogP contribution in [0.25, 0.3) is 0 Å². The van der Waals surface area contributed by atoms with Gasteiger partial charge in [-0.25, -0.2) is 4.79 Å². The number of nitrogen functional groups attached to an aromatic ring is 1. The first-order valence-electron chi connectivity index (χ1n) is 5.73. The van der Waals surface area contributed by atoms with Crippen molar-refractivity contribution in [3.8, 4) is 0 Å². The molecule has 0 aliphatic rings. The number of benzene rings is 1. The van der Waals surface area contributed by atoms with Gasteiger partial charge < -0.3 is 10.5 Å². The molecule has 0 aliphatic heterocycles. The van der Waals surface area contributed by atoms with E-state index < -0.39 is 0 Å². The highest BCUT2D eigenvalue weighted by Gasteiger charge is 2.11. The van der Waals surface area contributed by atoms with Gasteiger partial charge in [0.1, 0.15) is 0 Å². The summed E-state index contributed by atoms with van der Waals surface area (Å²) in [5, 5.41) is 0.513. The normalized spacial score (nSPS) is 10.6. The summed E-state index contributed by atoms with van der Waals surface area (Å²) in [4.78, 5) is 11.7. The second-order valence-corrected chi connectivity index (χ2v) is 4.84. The summed E-state index contributed by atoms with van der Waals surface area (Å²) in [5.41, 5.74) is 6.42. The van der Waals surface area contributed by atoms with Crippen LogP contribution in [0.3, 0.4) is 0 Å². The average molecular weight is 256 g/mol. The number of hydrogen-bond acceptors (Lipinski definition) is 3. The molecule has 1 aromatic carbocycles. The van der Waals surface area contributed by atoms with Crippen LogP contribution in [-0.2, 0) is 4.74 Å². The van der Waals surface area contributed by atoms with E-state index in [-0.39, 0.29) is 5.97 Å². The number of carbonyl (C=O) groups excluding carboxylic acids is 1. The van der Waals surface area contributed by atoms with Crippen molar-refractivity contribution in [2.75, 3.05) is 12.3 Å². The highest BCUT2D eigenvalue weighted by molar-refractivity contribution is 6.31. The van der Waals surface area contributed by atoms with E-state index in [0.29, 0.717) is 28.8 Å². The Morgan fingerprint density at radius 3 is 2.76 bits per heavy atom. The average Bonchev–Trinajstić information content (AvgIpc) is 2.23. The van der Waals surface area contributed by atoms with Gasteiger partial charge >= 0.3 is 5.97 Å². The van der Waals surface area contributed by atoms with Crippen molar-refractivity contribution in [3.63, 3.8) is 0 Å². The molecule has 0 saturated heterocycles. The predicted octanol–water partition coefficient (Wildman–Crippen LogP) is 3.52. The number of carbonyl (C=O) groups is 1. The first-order valence-corrected chi connectivity index (χ1v) is 6.10. The lowest BCUT2D eigenvalue weighted by Gasteiger charge is -2.08. The van der Waals surface area contributed by atoms with Crippen LogP contribution in [0.5, 0.6) is 0 Å². The molecule has 0 aliphatic carbocycles. The van der Waals surface area contributed by atoms with Crippen LogP contribution in [0, 0.1) is 5.92 Å². The Morgan fingerprint density at radius 2 is 2.18 bits per heavy atom. The fourth-order valence-corrected chi connectivity index (χ4v) is 1.63. The van der Waals surface area contributed by atoms with Crippen LogP contribution in [0.2, 0.25) is 5.02 Å². The quantitative estimate of drug-likeness (QED) is 0.498. The molecule has 0 bridgehead atoms. The third-order valence-electron chi connectivity index (χ3n) is 2.39. The Labute approximate surface area is 107 Å². The highest BCUT2D eigenvalue weighted by atomic mass is 35.5. The van der Waals surface area contributed by atoms with E-state index in [4.69, 9.17) is 22.1 Å². The lowest BCUT2D eigenvalue weighted by Crippen LogP contribution is -2.09. The number of esters is 1. The molecule has 94 valence electrons. The Morgan fingerprint density at radius 1 is 1.47 bits per heavy atom. The number of hydrogen-bond donors (Lipinski definition) is 1. The molecule has 4 heteroatoms. The van der Waals surface area contributed by atoms with Crippen molar-refractivity contribution in [1.29, 1.82) is 0 Å². The number of halogens is 1. The molecule has 1 aromatic rings. The van der Waals surface area contributed by atoms with Gasteiger partial charge in [0.25, 0.3) is 0 Å². The minimum absolute atomic E-state index is 0.353. The Hall–Kier alpha value is -1.22. The van der Waals surface area contributed by atoms with Crippen molar-refractivity contribution in [2.45, 2.75) is 26.7 Å². The molecule has 0 atom stereocenters. The lowest BCUT2D eigenvalue weighted by molar-refractivity contribution is 0.0496. The Bertz CT molecular complexity index is 391. The SMILES string of the molecule is CC(C)CCCOC(=O)c1ccc(Cl)cc1N. The molecule has 1 rings (SSSR count). The minimum Gasteiger partial charge on any atom is -0.462 e. The van der Waals surface area contributed by atoms with Crippen LogP contribution in [0.15, 0.2) is 18.2 Å². The van der Waals surface area contributed by atoms with Crippen molar-refractivity contribution < 1.29 is 9.53 Å². The van der Waals surface area contributed by atoms with Crippen molar-refractivity contribution in [1.82, 2.24) is 0 Å². The van der Waals surface area contributed by atoms with Crippen LogP contribution in [-0.4, -0.2) is 12.6 Å². The first-order chi connectivity index (χ1) is 8.00. The topological polar surface area (TPSA) is 52.3 Å². The zero-order chi connectivity index (χ0) is 12.8. The number of rotatable bonds is 5. The molecule has 0 amide bonds. The van der Waals surface area contributed by atoms with Gasteiger partial charge in [-0.15, -0.1) is 0 Å².